The van der Waals surface area contributed by atoms with E-state index in [0.29, 0.717) is 0 Å². The Bertz CT molecular complexity index is 341. The van der Waals surface area contributed by atoms with Crippen LogP contribution in [0.5, 0.6) is 0 Å². The summed E-state index contributed by atoms with van der Waals surface area (Å²) in [7, 11) is 0. The Hall–Kier alpha value is -0.900. The molecular formula is C21H42N4. The van der Waals surface area contributed by atoms with Crippen LogP contribution in [-0.2, 0) is 0 Å². The van der Waals surface area contributed by atoms with E-state index in [2.05, 4.69) is 16.9 Å². The number of unbranched alkanes of at least 4 members (excludes halogenated alkanes) is 15. The molecule has 0 bridgehead atoms. The minimum Gasteiger partial charge on any atom is -0.328 e. The van der Waals surface area contributed by atoms with Crippen LogP contribution in [0.15, 0.2) is 9.98 Å². The molecule has 0 aromatic carbocycles. The zero-order valence-corrected chi connectivity index (χ0v) is 16.7. The molecule has 0 fully saturated rings. The third-order valence-electron chi connectivity index (χ3n) is 5.11. The predicted molar refractivity (Wildman–Crippen MR) is 111 cm³/mol. The van der Waals surface area contributed by atoms with Crippen LogP contribution in [0.25, 0.3) is 0 Å². The first-order valence-corrected chi connectivity index (χ1v) is 10.9. The summed E-state index contributed by atoms with van der Waals surface area (Å²) in [5, 5.41) is 0. The topological polar surface area (TPSA) is 54.0 Å². The molecule has 4 heteroatoms. The van der Waals surface area contributed by atoms with Crippen LogP contribution < -0.4 is 5.73 Å². The monoisotopic (exact) mass is 350 g/mol. The molecule has 146 valence electrons. The van der Waals surface area contributed by atoms with Crippen molar-refractivity contribution in [1.29, 1.82) is 0 Å². The average molecular weight is 351 g/mol. The lowest BCUT2D eigenvalue weighted by molar-refractivity contribution is 0.323. The lowest BCUT2D eigenvalue weighted by atomic mass is 10.0. The largest absolute Gasteiger partial charge is 0.328 e. The number of hydrogen-bond donors (Lipinski definition) is 1. The highest BCUT2D eigenvalue weighted by atomic mass is 15.3. The highest BCUT2D eigenvalue weighted by Crippen LogP contribution is 2.13. The average Bonchev–Trinajstić information content (AvgIpc) is 2.63. The molecule has 0 saturated carbocycles. The second kappa shape index (κ2) is 16.6. The molecule has 1 unspecified atom stereocenters. The highest BCUT2D eigenvalue weighted by molar-refractivity contribution is 5.73. The van der Waals surface area contributed by atoms with Gasteiger partial charge in [0.15, 0.2) is 6.29 Å². The first-order chi connectivity index (χ1) is 12.3. The molecule has 4 nitrogen and oxygen atoms in total. The standard InChI is InChI=1S/C21H42N4/c1-2-3-4-5-6-7-8-9-10-11-12-13-14-15-16-17-18-25-20-23-19-24-21(25)22/h19-21H,2-18,22H2,1H3. The third kappa shape index (κ3) is 13.0. The van der Waals surface area contributed by atoms with Crippen LogP contribution in [0.4, 0.5) is 0 Å². The fourth-order valence-corrected chi connectivity index (χ4v) is 3.41. The Labute approximate surface area is 156 Å². The normalized spacial score (nSPS) is 16.7. The van der Waals surface area contributed by atoms with E-state index in [1.165, 1.54) is 109 Å². The number of nitrogens with zero attached hydrogens (tertiary/aromatic N) is 3. The summed E-state index contributed by atoms with van der Waals surface area (Å²) >= 11 is 0. The van der Waals surface area contributed by atoms with E-state index in [4.69, 9.17) is 5.73 Å². The smallest absolute Gasteiger partial charge is 0.176 e. The summed E-state index contributed by atoms with van der Waals surface area (Å²) in [4.78, 5) is 10.1. The van der Waals surface area contributed by atoms with Crippen molar-refractivity contribution in [3.8, 4) is 0 Å². The molecule has 0 amide bonds. The molecule has 1 heterocycles. The molecule has 1 aliphatic rings. The fraction of sp³-hybridized carbons (Fsp3) is 0.905. The molecule has 2 N–H and O–H groups in total. The van der Waals surface area contributed by atoms with Gasteiger partial charge < -0.3 is 4.90 Å². The molecule has 0 radical (unpaired) electrons. The summed E-state index contributed by atoms with van der Waals surface area (Å²) in [6.45, 7) is 3.26. The van der Waals surface area contributed by atoms with Gasteiger partial charge in [-0.1, -0.05) is 103 Å². The van der Waals surface area contributed by atoms with Crippen LogP contribution in [0, 0.1) is 0 Å². The Morgan fingerprint density at radius 1 is 0.720 bits per heavy atom. The molecule has 1 aliphatic heterocycles. The molecule has 0 saturated heterocycles. The molecular weight excluding hydrogens is 308 g/mol. The van der Waals surface area contributed by atoms with Crippen molar-refractivity contribution in [2.24, 2.45) is 15.7 Å². The molecule has 0 spiro atoms. The zero-order valence-electron chi connectivity index (χ0n) is 16.7. The summed E-state index contributed by atoms with van der Waals surface area (Å²) in [5.74, 6) is 0. The highest BCUT2D eigenvalue weighted by Gasteiger charge is 2.10. The SMILES string of the molecule is CCCCCCCCCCCCCCCCCCN1C=NC=NC1N. The number of rotatable bonds is 17. The quantitative estimate of drug-likeness (QED) is 0.334. The summed E-state index contributed by atoms with van der Waals surface area (Å²) in [5.41, 5.74) is 5.88. The van der Waals surface area contributed by atoms with Gasteiger partial charge >= 0.3 is 0 Å². The van der Waals surface area contributed by atoms with Gasteiger partial charge in [0.2, 0.25) is 0 Å². The van der Waals surface area contributed by atoms with Gasteiger partial charge in [0.25, 0.3) is 0 Å². The number of nitrogens with two attached hydrogens (primary N) is 1. The van der Waals surface area contributed by atoms with Crippen LogP contribution in [-0.4, -0.2) is 30.4 Å². The third-order valence-corrected chi connectivity index (χ3v) is 5.11. The van der Waals surface area contributed by atoms with Gasteiger partial charge in [0, 0.05) is 6.54 Å². The molecule has 1 atom stereocenters. The van der Waals surface area contributed by atoms with Crippen molar-refractivity contribution >= 4 is 12.7 Å². The van der Waals surface area contributed by atoms with E-state index < -0.39 is 0 Å². The van der Waals surface area contributed by atoms with Gasteiger partial charge in [-0.15, -0.1) is 0 Å². The number of aliphatic imine (C=N–C) groups is 2. The Morgan fingerprint density at radius 2 is 1.16 bits per heavy atom. The maximum absolute atomic E-state index is 5.88. The van der Waals surface area contributed by atoms with Crippen molar-refractivity contribution < 1.29 is 0 Å². The lowest BCUT2D eigenvalue weighted by Crippen LogP contribution is -2.41. The van der Waals surface area contributed by atoms with Crippen molar-refractivity contribution in [1.82, 2.24) is 4.90 Å². The Kier molecular flexibility index (Phi) is 14.7. The van der Waals surface area contributed by atoms with Crippen molar-refractivity contribution in [2.45, 2.75) is 116 Å². The lowest BCUT2D eigenvalue weighted by Gasteiger charge is -2.24. The fourth-order valence-electron chi connectivity index (χ4n) is 3.41. The van der Waals surface area contributed by atoms with Crippen molar-refractivity contribution in [2.75, 3.05) is 6.54 Å². The van der Waals surface area contributed by atoms with E-state index in [1.54, 1.807) is 0 Å². The van der Waals surface area contributed by atoms with E-state index in [1.807, 2.05) is 11.2 Å². The van der Waals surface area contributed by atoms with Crippen LogP contribution in [0.2, 0.25) is 0 Å². The number of hydrogen-bond acceptors (Lipinski definition) is 4. The van der Waals surface area contributed by atoms with Crippen LogP contribution in [0.1, 0.15) is 110 Å². The summed E-state index contributed by atoms with van der Waals surface area (Å²) < 4.78 is 0. The predicted octanol–water partition coefficient (Wildman–Crippen LogP) is 5.86. The van der Waals surface area contributed by atoms with Crippen molar-refractivity contribution in [3.05, 3.63) is 0 Å². The van der Waals surface area contributed by atoms with Crippen LogP contribution in [0.3, 0.4) is 0 Å². The van der Waals surface area contributed by atoms with E-state index in [9.17, 15) is 0 Å². The van der Waals surface area contributed by atoms with Gasteiger partial charge in [0.1, 0.15) is 6.34 Å². The first kappa shape index (κ1) is 22.1. The molecule has 0 aliphatic carbocycles. The maximum Gasteiger partial charge on any atom is 0.176 e. The van der Waals surface area contributed by atoms with E-state index in [-0.39, 0.29) is 6.29 Å². The van der Waals surface area contributed by atoms with Crippen LogP contribution >= 0.6 is 0 Å². The van der Waals surface area contributed by atoms with Crippen molar-refractivity contribution in [3.63, 3.8) is 0 Å². The Balaban J connectivity index is 1.72. The molecule has 0 aromatic heterocycles. The molecule has 25 heavy (non-hydrogen) atoms. The Morgan fingerprint density at radius 3 is 1.60 bits per heavy atom. The molecule has 1 rings (SSSR count). The minimum absolute atomic E-state index is 0.228. The van der Waals surface area contributed by atoms with Gasteiger partial charge in [0.05, 0.1) is 6.34 Å². The zero-order chi connectivity index (χ0) is 18.0. The minimum atomic E-state index is -0.228. The van der Waals surface area contributed by atoms with Gasteiger partial charge in [-0.05, 0) is 6.42 Å². The first-order valence-electron chi connectivity index (χ1n) is 10.9. The second-order valence-electron chi connectivity index (χ2n) is 7.48. The van der Waals surface area contributed by atoms with E-state index >= 15 is 0 Å². The van der Waals surface area contributed by atoms with Gasteiger partial charge in [-0.25, -0.2) is 9.98 Å². The maximum atomic E-state index is 5.88. The summed E-state index contributed by atoms with van der Waals surface area (Å²) in [6.07, 6.45) is 25.6. The van der Waals surface area contributed by atoms with Gasteiger partial charge in [-0.3, -0.25) is 5.73 Å². The molecule has 0 aromatic rings. The van der Waals surface area contributed by atoms with Gasteiger partial charge in [-0.2, -0.15) is 0 Å². The second-order valence-corrected chi connectivity index (χ2v) is 7.48. The van der Waals surface area contributed by atoms with E-state index in [0.717, 1.165) is 6.54 Å². The summed E-state index contributed by atoms with van der Waals surface area (Å²) in [6, 6.07) is 0.